The Balaban J connectivity index is 1.82. The van der Waals surface area contributed by atoms with Crippen LogP contribution in [-0.4, -0.2) is 35.6 Å². The van der Waals surface area contributed by atoms with E-state index in [9.17, 15) is 19.2 Å². The van der Waals surface area contributed by atoms with Gasteiger partial charge in [-0.1, -0.05) is 32.0 Å². The van der Waals surface area contributed by atoms with Gasteiger partial charge in [0, 0.05) is 40.1 Å². The van der Waals surface area contributed by atoms with Crippen molar-refractivity contribution in [3.8, 4) is 0 Å². The average Bonchev–Trinajstić information content (AvgIpc) is 2.79. The van der Waals surface area contributed by atoms with E-state index >= 15 is 0 Å². The zero-order valence-electron chi connectivity index (χ0n) is 17.5. The lowest BCUT2D eigenvalue weighted by atomic mass is 9.85. The molecule has 0 aliphatic carbocycles. The fraction of sp³-hybridized carbons (Fsp3) is 0.200. The second kappa shape index (κ2) is 6.60. The highest BCUT2D eigenvalue weighted by Crippen LogP contribution is 2.40. The first kappa shape index (κ1) is 19.2. The highest BCUT2D eigenvalue weighted by atomic mass is 16.2. The molecule has 0 atom stereocenters. The highest BCUT2D eigenvalue weighted by molar-refractivity contribution is 6.39. The van der Waals surface area contributed by atoms with Crippen LogP contribution in [0.2, 0.25) is 0 Å². The summed E-state index contributed by atoms with van der Waals surface area (Å²) in [5, 5.41) is 0.784. The smallest absolute Gasteiger partial charge is 0.266 e. The molecule has 2 aliphatic rings. The van der Waals surface area contributed by atoms with Gasteiger partial charge in [-0.25, -0.2) is 4.90 Å². The Hall–Kier alpha value is -3.80. The lowest BCUT2D eigenvalue weighted by Crippen LogP contribution is -2.43. The second-order valence-electron chi connectivity index (χ2n) is 7.82. The normalized spacial score (nSPS) is 15.3. The molecule has 0 fully saturated rings. The molecule has 0 bridgehead atoms. The molecule has 0 aromatic heterocycles. The molecule has 2 aliphatic heterocycles. The van der Waals surface area contributed by atoms with Crippen molar-refractivity contribution in [1.29, 1.82) is 0 Å². The molecule has 0 N–H and O–H groups in total. The van der Waals surface area contributed by atoms with Crippen LogP contribution in [0.15, 0.2) is 42.5 Å². The van der Waals surface area contributed by atoms with Gasteiger partial charge >= 0.3 is 0 Å². The van der Waals surface area contributed by atoms with Crippen molar-refractivity contribution >= 4 is 40.1 Å². The minimum atomic E-state index is -0.437. The fourth-order valence-corrected chi connectivity index (χ4v) is 4.70. The summed E-state index contributed by atoms with van der Waals surface area (Å²) < 4.78 is 0. The van der Waals surface area contributed by atoms with Gasteiger partial charge < -0.3 is 0 Å². The van der Waals surface area contributed by atoms with Gasteiger partial charge in [0.2, 0.25) is 0 Å². The average molecular weight is 412 g/mol. The molecule has 0 spiro atoms. The number of aryl methyl sites for hydroxylation is 2. The molecule has 5 rings (SSSR count). The number of benzene rings is 3. The predicted octanol–water partition coefficient (Wildman–Crippen LogP) is 3.99. The first-order valence-electron chi connectivity index (χ1n) is 10.3. The minimum absolute atomic E-state index is 0.327. The molecule has 0 saturated heterocycles. The summed E-state index contributed by atoms with van der Waals surface area (Å²) in [6.45, 7) is 3.98. The topological polar surface area (TPSA) is 74.8 Å². The van der Waals surface area contributed by atoms with Crippen molar-refractivity contribution in [3.63, 3.8) is 0 Å². The van der Waals surface area contributed by atoms with Crippen molar-refractivity contribution in [2.45, 2.75) is 26.7 Å². The van der Waals surface area contributed by atoms with Gasteiger partial charge in [-0.2, -0.15) is 0 Å². The van der Waals surface area contributed by atoms with Crippen LogP contribution in [0.5, 0.6) is 0 Å². The van der Waals surface area contributed by atoms with E-state index in [1.165, 1.54) is 11.9 Å². The molecule has 3 aromatic rings. The van der Waals surface area contributed by atoms with Crippen molar-refractivity contribution in [2.75, 3.05) is 11.9 Å². The summed E-state index contributed by atoms with van der Waals surface area (Å²) in [5.41, 5.74) is 3.78. The maximum Gasteiger partial charge on any atom is 0.266 e. The Bertz CT molecular complexity index is 1260. The van der Waals surface area contributed by atoms with Crippen LogP contribution in [-0.2, 0) is 12.8 Å². The van der Waals surface area contributed by atoms with E-state index in [0.29, 0.717) is 51.6 Å². The molecule has 0 saturated carbocycles. The van der Waals surface area contributed by atoms with Crippen molar-refractivity contribution in [1.82, 2.24) is 4.90 Å². The molecule has 2 heterocycles. The Morgan fingerprint density at radius 3 is 1.39 bits per heavy atom. The number of hydrogen-bond donors (Lipinski definition) is 0. The van der Waals surface area contributed by atoms with E-state index in [-0.39, 0.29) is 0 Å². The van der Waals surface area contributed by atoms with Crippen LogP contribution in [0.4, 0.5) is 5.69 Å². The van der Waals surface area contributed by atoms with E-state index in [1.54, 1.807) is 24.3 Å². The SMILES string of the molecule is CCc1cccc(CC)c1N1C(=O)c2ccc3c4c(ccc(c24)C1=O)C(=O)N(C)C3=O. The van der Waals surface area contributed by atoms with Crippen LogP contribution in [0.25, 0.3) is 10.8 Å². The third-order valence-corrected chi connectivity index (χ3v) is 6.29. The zero-order valence-corrected chi connectivity index (χ0v) is 17.5. The largest absolute Gasteiger partial charge is 0.277 e. The van der Waals surface area contributed by atoms with Crippen LogP contribution in [0.1, 0.15) is 66.4 Å². The van der Waals surface area contributed by atoms with Gasteiger partial charge in [0.15, 0.2) is 0 Å². The number of imide groups is 2. The van der Waals surface area contributed by atoms with Gasteiger partial charge in [-0.3, -0.25) is 24.1 Å². The van der Waals surface area contributed by atoms with Crippen LogP contribution in [0, 0.1) is 0 Å². The first-order valence-corrected chi connectivity index (χ1v) is 10.3. The number of rotatable bonds is 3. The summed E-state index contributed by atoms with van der Waals surface area (Å²) in [6.07, 6.45) is 1.35. The van der Waals surface area contributed by atoms with E-state index in [4.69, 9.17) is 0 Å². The minimum Gasteiger partial charge on any atom is -0.277 e. The monoisotopic (exact) mass is 412 g/mol. The summed E-state index contributed by atoms with van der Waals surface area (Å²) in [4.78, 5) is 54.9. The quantitative estimate of drug-likeness (QED) is 0.610. The van der Waals surface area contributed by atoms with Crippen molar-refractivity contribution in [2.24, 2.45) is 0 Å². The maximum absolute atomic E-state index is 13.6. The summed E-state index contributed by atoms with van der Waals surface area (Å²) in [7, 11) is 1.43. The van der Waals surface area contributed by atoms with Crippen LogP contribution < -0.4 is 4.90 Å². The number of amides is 4. The molecule has 6 heteroatoms. The number of anilines is 1. The summed E-state index contributed by atoms with van der Waals surface area (Å²) in [6, 6.07) is 12.1. The van der Waals surface area contributed by atoms with Crippen molar-refractivity contribution in [3.05, 3.63) is 75.8 Å². The number of nitrogens with zero attached hydrogens (tertiary/aromatic N) is 2. The lowest BCUT2D eigenvalue weighted by Gasteiger charge is -2.32. The second-order valence-corrected chi connectivity index (χ2v) is 7.82. The van der Waals surface area contributed by atoms with Gasteiger partial charge in [0.05, 0.1) is 5.69 Å². The molecule has 154 valence electrons. The van der Waals surface area contributed by atoms with Gasteiger partial charge in [0.25, 0.3) is 23.6 Å². The molecule has 3 aromatic carbocycles. The number of carbonyl (C=O) groups is 4. The number of hydrogen-bond acceptors (Lipinski definition) is 4. The Kier molecular flexibility index (Phi) is 4.09. The molecule has 4 amide bonds. The number of para-hydroxylation sites is 1. The zero-order chi connectivity index (χ0) is 22.0. The molecular weight excluding hydrogens is 392 g/mol. The van der Waals surface area contributed by atoms with E-state index < -0.39 is 23.6 Å². The standard InChI is InChI=1S/C25H20N2O4/c1-4-13-7-6-8-14(5-2)21(13)27-24(30)17-11-9-15-19-16(23(29)26(3)22(15)28)10-12-18(20(17)19)25(27)31/h6-12H,4-5H2,1-3H3. The molecule has 31 heavy (non-hydrogen) atoms. The van der Waals surface area contributed by atoms with E-state index in [2.05, 4.69) is 0 Å². The van der Waals surface area contributed by atoms with Crippen LogP contribution in [0.3, 0.4) is 0 Å². The molecule has 6 nitrogen and oxygen atoms in total. The van der Waals surface area contributed by atoms with Gasteiger partial charge in [-0.05, 0) is 48.2 Å². The third kappa shape index (κ3) is 2.39. The van der Waals surface area contributed by atoms with Crippen LogP contribution >= 0.6 is 0 Å². The predicted molar refractivity (Wildman–Crippen MR) is 117 cm³/mol. The fourth-order valence-electron chi connectivity index (χ4n) is 4.70. The van der Waals surface area contributed by atoms with E-state index in [1.807, 2.05) is 32.0 Å². The third-order valence-electron chi connectivity index (χ3n) is 6.29. The first-order chi connectivity index (χ1) is 14.9. The highest BCUT2D eigenvalue weighted by Gasteiger charge is 2.40. The van der Waals surface area contributed by atoms with Crippen molar-refractivity contribution < 1.29 is 19.2 Å². The lowest BCUT2D eigenvalue weighted by molar-refractivity contribution is 0.0649. The Morgan fingerprint density at radius 2 is 1.00 bits per heavy atom. The van der Waals surface area contributed by atoms with E-state index in [0.717, 1.165) is 16.0 Å². The molecule has 0 radical (unpaired) electrons. The summed E-state index contributed by atoms with van der Waals surface area (Å²) in [5.74, 6) is -1.74. The maximum atomic E-state index is 13.6. The Morgan fingerprint density at radius 1 is 0.613 bits per heavy atom. The number of carbonyl (C=O) groups excluding carboxylic acids is 4. The molecular formula is C25H20N2O4. The summed E-state index contributed by atoms with van der Waals surface area (Å²) >= 11 is 0. The Labute approximate surface area is 179 Å². The molecule has 0 unspecified atom stereocenters. The van der Waals surface area contributed by atoms with Gasteiger partial charge in [-0.15, -0.1) is 0 Å². The van der Waals surface area contributed by atoms with Gasteiger partial charge in [0.1, 0.15) is 0 Å².